The number of halogens is 1. The maximum Gasteiger partial charge on any atom is 0.300 e. The zero-order valence-electron chi connectivity index (χ0n) is 15.6. The van der Waals surface area contributed by atoms with Crippen LogP contribution in [0.3, 0.4) is 0 Å². The van der Waals surface area contributed by atoms with Gasteiger partial charge in [0.15, 0.2) is 5.13 Å². The first-order valence-electron chi connectivity index (χ1n) is 9.18. The molecule has 144 valence electrons. The van der Waals surface area contributed by atoms with Crippen LogP contribution in [-0.4, -0.2) is 32.2 Å². The Bertz CT molecular complexity index is 1000. The lowest BCUT2D eigenvalue weighted by molar-refractivity contribution is 0.0979. The third kappa shape index (κ3) is 3.47. The number of fused-ring (bicyclic) bond motifs is 1. The van der Waals surface area contributed by atoms with E-state index in [1.165, 1.54) is 21.7 Å². The molecule has 8 heteroatoms. The lowest BCUT2D eigenvalue weighted by Crippen LogP contribution is -2.32. The van der Waals surface area contributed by atoms with Gasteiger partial charge in [-0.3, -0.25) is 9.69 Å². The van der Waals surface area contributed by atoms with Gasteiger partial charge in [0.2, 0.25) is 5.82 Å². The molecule has 3 aromatic rings. The summed E-state index contributed by atoms with van der Waals surface area (Å²) < 4.78 is 14.7. The lowest BCUT2D eigenvalue weighted by atomic mass is 10.0. The summed E-state index contributed by atoms with van der Waals surface area (Å²) in [6.45, 7) is 5.85. The Morgan fingerprint density at radius 1 is 1.29 bits per heavy atom. The molecule has 1 aromatic carbocycles. The molecule has 6 nitrogen and oxygen atoms in total. The van der Waals surface area contributed by atoms with Gasteiger partial charge in [-0.15, -0.1) is 23.0 Å². The van der Waals surface area contributed by atoms with Crippen LogP contribution in [-0.2, 0) is 12.8 Å². The fourth-order valence-corrected chi connectivity index (χ4v) is 4.41. The average Bonchev–Trinajstić information content (AvgIpc) is 3.30. The Morgan fingerprint density at radius 2 is 2.04 bits per heavy atom. The minimum atomic E-state index is -0.331. The first-order valence-corrected chi connectivity index (χ1v) is 9.99. The van der Waals surface area contributed by atoms with Crippen LogP contribution < -0.4 is 4.90 Å². The molecule has 1 aliphatic carbocycles. The molecule has 0 saturated carbocycles. The largest absolute Gasteiger partial charge is 0.300 e. The van der Waals surface area contributed by atoms with Crippen molar-refractivity contribution in [3.63, 3.8) is 0 Å². The second-order valence-electron chi connectivity index (χ2n) is 6.65. The first kappa shape index (κ1) is 18.5. The van der Waals surface area contributed by atoms with Crippen molar-refractivity contribution < 1.29 is 9.18 Å². The Labute approximate surface area is 166 Å². The number of nitrogens with zero attached hydrogens (tertiary/aromatic N) is 5. The van der Waals surface area contributed by atoms with Crippen molar-refractivity contribution in [3.8, 4) is 5.69 Å². The van der Waals surface area contributed by atoms with Crippen LogP contribution in [0.2, 0.25) is 0 Å². The number of amides is 1. The molecule has 0 radical (unpaired) electrons. The minimum absolute atomic E-state index is 0.0804. The predicted octanol–water partition coefficient (Wildman–Crippen LogP) is 3.88. The summed E-state index contributed by atoms with van der Waals surface area (Å²) in [4.78, 5) is 25.0. The molecular formula is C20H20FN5OS. The van der Waals surface area contributed by atoms with Crippen molar-refractivity contribution >= 4 is 22.4 Å². The second kappa shape index (κ2) is 7.63. The molecule has 28 heavy (non-hydrogen) atoms. The van der Waals surface area contributed by atoms with Gasteiger partial charge >= 0.3 is 0 Å². The smallest absolute Gasteiger partial charge is 0.277 e. The molecule has 1 aliphatic rings. The zero-order valence-corrected chi connectivity index (χ0v) is 16.4. The number of carbonyl (C=O) groups is 1. The van der Waals surface area contributed by atoms with Gasteiger partial charge in [0, 0.05) is 11.4 Å². The van der Waals surface area contributed by atoms with Gasteiger partial charge in [0.05, 0.1) is 11.4 Å². The number of hydrogen-bond acceptors (Lipinski definition) is 5. The molecule has 0 bridgehead atoms. The monoisotopic (exact) mass is 397 g/mol. The van der Waals surface area contributed by atoms with E-state index in [9.17, 15) is 9.18 Å². The lowest BCUT2D eigenvalue weighted by Gasteiger charge is -2.15. The highest BCUT2D eigenvalue weighted by Gasteiger charge is 2.26. The van der Waals surface area contributed by atoms with E-state index in [1.54, 1.807) is 41.4 Å². The number of aryl methyl sites for hydroxylation is 3. The highest BCUT2D eigenvalue weighted by molar-refractivity contribution is 7.16. The molecule has 4 rings (SSSR count). The summed E-state index contributed by atoms with van der Waals surface area (Å²) in [6, 6.07) is 5.90. The highest BCUT2D eigenvalue weighted by Crippen LogP contribution is 2.32. The predicted molar refractivity (Wildman–Crippen MR) is 107 cm³/mol. The number of carbonyl (C=O) groups excluding carboxylic acids is 1. The maximum absolute atomic E-state index is 13.2. The Hall–Kier alpha value is -2.87. The van der Waals surface area contributed by atoms with Crippen LogP contribution in [0, 0.1) is 12.7 Å². The number of benzene rings is 1. The van der Waals surface area contributed by atoms with Gasteiger partial charge in [0.25, 0.3) is 5.91 Å². The molecular weight excluding hydrogens is 377 g/mol. The number of aromatic nitrogens is 4. The van der Waals surface area contributed by atoms with Crippen molar-refractivity contribution in [2.45, 2.75) is 32.6 Å². The molecule has 0 fully saturated rings. The van der Waals surface area contributed by atoms with E-state index in [0.29, 0.717) is 23.2 Å². The number of hydrogen-bond donors (Lipinski definition) is 0. The third-order valence-electron chi connectivity index (χ3n) is 4.65. The van der Waals surface area contributed by atoms with Crippen LogP contribution in [0.1, 0.15) is 39.9 Å². The van der Waals surface area contributed by atoms with Gasteiger partial charge in [-0.25, -0.2) is 19.0 Å². The van der Waals surface area contributed by atoms with Gasteiger partial charge in [-0.05, 0) is 56.9 Å². The summed E-state index contributed by atoms with van der Waals surface area (Å²) in [5.74, 6) is -0.0264. The van der Waals surface area contributed by atoms with E-state index in [4.69, 9.17) is 0 Å². The van der Waals surface area contributed by atoms with Crippen LogP contribution >= 0.6 is 11.3 Å². The summed E-state index contributed by atoms with van der Waals surface area (Å²) in [5.41, 5.74) is 1.74. The topological polar surface area (TPSA) is 63.9 Å². The first-order chi connectivity index (χ1) is 13.6. The Kier molecular flexibility index (Phi) is 5.04. The number of anilines is 1. The van der Waals surface area contributed by atoms with Crippen LogP contribution in [0.25, 0.3) is 5.69 Å². The number of thiazole rings is 1. The molecule has 2 heterocycles. The maximum atomic E-state index is 13.2. The summed E-state index contributed by atoms with van der Waals surface area (Å²) >= 11 is 1.56. The van der Waals surface area contributed by atoms with Crippen molar-refractivity contribution in [3.05, 3.63) is 65.0 Å². The Balaban J connectivity index is 1.66. The third-order valence-corrected chi connectivity index (χ3v) is 5.83. The molecule has 0 aliphatic heterocycles. The average molecular weight is 397 g/mol. The van der Waals surface area contributed by atoms with E-state index in [2.05, 4.69) is 21.6 Å². The molecule has 1 amide bonds. The van der Waals surface area contributed by atoms with Crippen LogP contribution in [0.5, 0.6) is 0 Å². The molecule has 0 atom stereocenters. The van der Waals surface area contributed by atoms with E-state index in [-0.39, 0.29) is 17.5 Å². The van der Waals surface area contributed by atoms with Gasteiger partial charge < -0.3 is 0 Å². The standard InChI is InChI=1S/C20H20FN5OS/c1-3-12-25(20-23-16-6-4-5-7-17(16)28-20)19(27)18-22-13(2)26(24-18)15-10-8-14(21)9-11-15/h3,8-11H,1,4-7,12H2,2H3. The molecule has 0 unspecified atom stereocenters. The quantitative estimate of drug-likeness (QED) is 0.613. The summed E-state index contributed by atoms with van der Waals surface area (Å²) in [7, 11) is 0. The molecule has 0 saturated heterocycles. The van der Waals surface area contributed by atoms with Gasteiger partial charge in [-0.1, -0.05) is 6.08 Å². The van der Waals surface area contributed by atoms with Crippen molar-refractivity contribution in [1.29, 1.82) is 0 Å². The zero-order chi connectivity index (χ0) is 19.7. The fraction of sp³-hybridized carbons (Fsp3) is 0.300. The SMILES string of the molecule is C=CCN(C(=O)c1nc(C)n(-c2ccc(F)cc2)n1)c1nc2c(s1)CCCC2. The van der Waals surface area contributed by atoms with Gasteiger partial charge in [0.1, 0.15) is 11.6 Å². The second-order valence-corrected chi connectivity index (χ2v) is 7.71. The fourth-order valence-electron chi connectivity index (χ4n) is 3.26. The van der Waals surface area contributed by atoms with E-state index in [0.717, 1.165) is 31.4 Å². The summed E-state index contributed by atoms with van der Waals surface area (Å²) in [6.07, 6.45) is 5.93. The van der Waals surface area contributed by atoms with E-state index >= 15 is 0 Å². The van der Waals surface area contributed by atoms with Crippen LogP contribution in [0.15, 0.2) is 36.9 Å². The van der Waals surface area contributed by atoms with Crippen molar-refractivity contribution in [1.82, 2.24) is 19.7 Å². The van der Waals surface area contributed by atoms with Gasteiger partial charge in [-0.2, -0.15) is 0 Å². The van der Waals surface area contributed by atoms with Crippen molar-refractivity contribution in [2.24, 2.45) is 0 Å². The van der Waals surface area contributed by atoms with E-state index < -0.39 is 0 Å². The Morgan fingerprint density at radius 3 is 2.75 bits per heavy atom. The van der Waals surface area contributed by atoms with Crippen molar-refractivity contribution in [2.75, 3.05) is 11.4 Å². The molecule has 0 N–H and O–H groups in total. The normalized spacial score (nSPS) is 13.2. The highest BCUT2D eigenvalue weighted by atomic mass is 32.1. The summed E-state index contributed by atoms with van der Waals surface area (Å²) in [5, 5.41) is 5.01. The molecule has 2 aromatic heterocycles. The minimum Gasteiger partial charge on any atom is -0.277 e. The van der Waals surface area contributed by atoms with Crippen LogP contribution in [0.4, 0.5) is 9.52 Å². The van der Waals surface area contributed by atoms with E-state index in [1.807, 2.05) is 0 Å². The number of rotatable bonds is 5. The molecule has 0 spiro atoms.